The number of nitrogens with zero attached hydrogens (tertiary/aromatic N) is 2. The summed E-state index contributed by atoms with van der Waals surface area (Å²) in [4.78, 5) is 5.71. The van der Waals surface area contributed by atoms with Crippen molar-refractivity contribution in [3.05, 3.63) is 23.9 Å². The van der Waals surface area contributed by atoms with Crippen LogP contribution in [0.4, 0.5) is 19.0 Å². The fourth-order valence-corrected chi connectivity index (χ4v) is 2.36. The first-order chi connectivity index (χ1) is 8.97. The molecule has 0 bridgehead atoms. The Balaban J connectivity index is 2.25. The minimum atomic E-state index is -4.22. The lowest BCUT2D eigenvalue weighted by Gasteiger charge is -2.35. The van der Waals surface area contributed by atoms with Gasteiger partial charge >= 0.3 is 6.18 Å². The first-order valence-electron chi connectivity index (χ1n) is 6.19. The second kappa shape index (κ2) is 5.75. The normalized spacial score (nSPS) is 19.3. The molecule has 0 amide bonds. The fraction of sp³-hybridized carbons (Fsp3) is 0.583. The number of anilines is 1. The van der Waals surface area contributed by atoms with Gasteiger partial charge in [-0.25, -0.2) is 4.98 Å². The zero-order chi connectivity index (χ0) is 13.9. The minimum absolute atomic E-state index is 0.176. The lowest BCUT2D eigenvalue weighted by Crippen LogP contribution is -2.46. The number of nitrogens with two attached hydrogens (primary N) is 1. The van der Waals surface area contributed by atoms with Gasteiger partial charge in [0.05, 0.1) is 6.42 Å². The molecule has 2 rings (SSSR count). The molecular formula is C12H17F3N4. The Labute approximate surface area is 109 Å². The number of nitrogens with one attached hydrogen (secondary N) is 1. The van der Waals surface area contributed by atoms with Crippen LogP contribution in [-0.2, 0) is 0 Å². The van der Waals surface area contributed by atoms with E-state index in [-0.39, 0.29) is 5.82 Å². The summed E-state index contributed by atoms with van der Waals surface area (Å²) < 4.78 is 38.3. The molecule has 1 aliphatic rings. The smallest absolute Gasteiger partial charge is 0.383 e. The Morgan fingerprint density at radius 1 is 1.37 bits per heavy atom. The maximum Gasteiger partial charge on any atom is 0.390 e. The van der Waals surface area contributed by atoms with E-state index < -0.39 is 18.6 Å². The van der Waals surface area contributed by atoms with Crippen molar-refractivity contribution >= 4 is 5.82 Å². The highest BCUT2D eigenvalue weighted by atomic mass is 19.4. The molecule has 0 spiro atoms. The lowest BCUT2D eigenvalue weighted by molar-refractivity contribution is -0.148. The Hall–Kier alpha value is -1.34. The maximum atomic E-state index is 12.8. The predicted molar refractivity (Wildman–Crippen MR) is 66.5 cm³/mol. The highest BCUT2D eigenvalue weighted by Crippen LogP contribution is 2.35. The molecule has 1 aromatic rings. The van der Waals surface area contributed by atoms with Gasteiger partial charge in [0.1, 0.15) is 5.82 Å². The molecule has 4 nitrogen and oxygen atoms in total. The van der Waals surface area contributed by atoms with Crippen LogP contribution in [0, 0.1) is 0 Å². The van der Waals surface area contributed by atoms with Crippen molar-refractivity contribution in [1.82, 2.24) is 15.2 Å². The van der Waals surface area contributed by atoms with Gasteiger partial charge in [-0.15, -0.1) is 0 Å². The lowest BCUT2D eigenvalue weighted by atomic mass is 10.0. The SMILES string of the molecule is Nc1ncccc1[C@H](CC(F)(F)F)N1CCNCC1. The monoisotopic (exact) mass is 274 g/mol. The molecule has 1 saturated heterocycles. The van der Waals surface area contributed by atoms with Gasteiger partial charge < -0.3 is 11.1 Å². The van der Waals surface area contributed by atoms with Gasteiger partial charge in [-0.05, 0) is 6.07 Å². The number of hydrogen-bond acceptors (Lipinski definition) is 4. The van der Waals surface area contributed by atoms with Crippen LogP contribution in [0.15, 0.2) is 18.3 Å². The summed E-state index contributed by atoms with van der Waals surface area (Å²) in [5.41, 5.74) is 6.19. The van der Waals surface area contributed by atoms with Gasteiger partial charge in [-0.2, -0.15) is 13.2 Å². The maximum absolute atomic E-state index is 12.8. The van der Waals surface area contributed by atoms with Gasteiger partial charge in [0, 0.05) is 44.0 Å². The number of aromatic nitrogens is 1. The van der Waals surface area contributed by atoms with Crippen LogP contribution in [0.1, 0.15) is 18.0 Å². The molecule has 1 aromatic heterocycles. The number of halogens is 3. The Bertz CT molecular complexity index is 416. The summed E-state index contributed by atoms with van der Waals surface area (Å²) >= 11 is 0. The Morgan fingerprint density at radius 2 is 2.05 bits per heavy atom. The van der Waals surface area contributed by atoms with E-state index in [1.165, 1.54) is 6.20 Å². The van der Waals surface area contributed by atoms with Gasteiger partial charge in [-0.1, -0.05) is 6.07 Å². The molecule has 0 aliphatic carbocycles. The zero-order valence-corrected chi connectivity index (χ0v) is 10.5. The molecule has 1 fully saturated rings. The summed E-state index contributed by atoms with van der Waals surface area (Å²) in [6.45, 7) is 2.53. The van der Waals surface area contributed by atoms with E-state index in [0.717, 1.165) is 0 Å². The first kappa shape index (κ1) is 14.1. The van der Waals surface area contributed by atoms with Crippen molar-refractivity contribution in [2.75, 3.05) is 31.9 Å². The third-order valence-electron chi connectivity index (χ3n) is 3.25. The molecular weight excluding hydrogens is 257 g/mol. The van der Waals surface area contributed by atoms with Crippen molar-refractivity contribution in [3.63, 3.8) is 0 Å². The van der Waals surface area contributed by atoms with Crippen LogP contribution in [0.5, 0.6) is 0 Å². The molecule has 0 unspecified atom stereocenters. The minimum Gasteiger partial charge on any atom is -0.383 e. The highest BCUT2D eigenvalue weighted by Gasteiger charge is 2.36. The van der Waals surface area contributed by atoms with Gasteiger partial charge in [0.15, 0.2) is 0 Å². The second-order valence-corrected chi connectivity index (χ2v) is 4.60. The van der Waals surface area contributed by atoms with Crippen LogP contribution in [-0.4, -0.2) is 42.2 Å². The number of alkyl halides is 3. The summed E-state index contributed by atoms with van der Waals surface area (Å²) in [6, 6.07) is 2.49. The number of hydrogen-bond donors (Lipinski definition) is 2. The number of piperazine rings is 1. The van der Waals surface area contributed by atoms with Crippen LogP contribution < -0.4 is 11.1 Å². The van der Waals surface area contributed by atoms with Crippen LogP contribution in [0.25, 0.3) is 0 Å². The Kier molecular flexibility index (Phi) is 4.26. The van der Waals surface area contributed by atoms with Crippen molar-refractivity contribution in [1.29, 1.82) is 0 Å². The van der Waals surface area contributed by atoms with E-state index in [9.17, 15) is 13.2 Å². The van der Waals surface area contributed by atoms with Crippen molar-refractivity contribution in [2.45, 2.75) is 18.6 Å². The van der Waals surface area contributed by atoms with Gasteiger partial charge in [0.2, 0.25) is 0 Å². The van der Waals surface area contributed by atoms with E-state index in [2.05, 4.69) is 10.3 Å². The highest BCUT2D eigenvalue weighted by molar-refractivity contribution is 5.41. The molecule has 7 heteroatoms. The van der Waals surface area contributed by atoms with E-state index >= 15 is 0 Å². The molecule has 1 aliphatic heterocycles. The average Bonchev–Trinajstić information content (AvgIpc) is 2.37. The quantitative estimate of drug-likeness (QED) is 0.878. The zero-order valence-electron chi connectivity index (χ0n) is 10.5. The topological polar surface area (TPSA) is 54.2 Å². The number of nitrogen functional groups attached to an aromatic ring is 1. The molecule has 0 saturated carbocycles. The molecule has 19 heavy (non-hydrogen) atoms. The Morgan fingerprint density at radius 3 is 2.63 bits per heavy atom. The molecule has 2 heterocycles. The second-order valence-electron chi connectivity index (χ2n) is 4.60. The number of pyridine rings is 1. The van der Waals surface area contributed by atoms with Crippen molar-refractivity contribution in [2.24, 2.45) is 0 Å². The summed E-state index contributed by atoms with van der Waals surface area (Å²) in [6.07, 6.45) is -3.64. The van der Waals surface area contributed by atoms with E-state index in [1.54, 1.807) is 12.1 Å². The first-order valence-corrected chi connectivity index (χ1v) is 6.19. The van der Waals surface area contributed by atoms with Crippen molar-refractivity contribution in [3.8, 4) is 0 Å². The van der Waals surface area contributed by atoms with E-state index in [0.29, 0.717) is 31.7 Å². The van der Waals surface area contributed by atoms with E-state index in [4.69, 9.17) is 5.73 Å². The van der Waals surface area contributed by atoms with E-state index in [1.807, 2.05) is 4.90 Å². The van der Waals surface area contributed by atoms with Gasteiger partial charge in [0.25, 0.3) is 0 Å². The fourth-order valence-electron chi connectivity index (χ4n) is 2.36. The third kappa shape index (κ3) is 3.81. The molecule has 106 valence electrons. The largest absolute Gasteiger partial charge is 0.390 e. The average molecular weight is 274 g/mol. The summed E-state index contributed by atoms with van der Waals surface area (Å²) in [5, 5.41) is 3.13. The number of rotatable bonds is 3. The molecule has 0 aromatic carbocycles. The standard InChI is InChI=1S/C12H17F3N4/c13-12(14,15)8-10(19-6-4-17-5-7-19)9-2-1-3-18-11(9)16/h1-3,10,17H,4-8H2,(H2,16,18)/t10-/m0/s1. The van der Waals surface area contributed by atoms with Crippen LogP contribution in [0.3, 0.4) is 0 Å². The summed E-state index contributed by atoms with van der Waals surface area (Å²) in [7, 11) is 0. The van der Waals surface area contributed by atoms with Crippen LogP contribution in [0.2, 0.25) is 0 Å². The third-order valence-corrected chi connectivity index (χ3v) is 3.25. The van der Waals surface area contributed by atoms with Crippen molar-refractivity contribution < 1.29 is 13.2 Å². The molecule has 1 atom stereocenters. The summed E-state index contributed by atoms with van der Waals surface area (Å²) in [5.74, 6) is 0.176. The van der Waals surface area contributed by atoms with Crippen LogP contribution >= 0.6 is 0 Å². The molecule has 0 radical (unpaired) electrons. The van der Waals surface area contributed by atoms with Gasteiger partial charge in [-0.3, -0.25) is 4.90 Å². The predicted octanol–water partition coefficient (Wildman–Crippen LogP) is 1.56. The molecule has 3 N–H and O–H groups in total.